The monoisotopic (exact) mass is 436 g/mol. The molecule has 4 aromatic rings. The van der Waals surface area contributed by atoms with Gasteiger partial charge < -0.3 is 14.2 Å². The fraction of sp³-hybridized carbons (Fsp3) is 0.208. The molecule has 31 heavy (non-hydrogen) atoms. The minimum absolute atomic E-state index is 0. The third-order valence-electron chi connectivity index (χ3n) is 4.98. The molecule has 4 rings (SSSR count). The number of nitrogens with zero attached hydrogens (tertiary/aromatic N) is 4. The topological polar surface area (TPSA) is 64.3 Å². The Labute approximate surface area is 188 Å². The van der Waals surface area contributed by atoms with E-state index in [0.717, 1.165) is 28.1 Å². The minimum atomic E-state index is 0. The smallest absolute Gasteiger partial charge is 0.258 e. The molecule has 0 N–H and O–H groups in total. The summed E-state index contributed by atoms with van der Waals surface area (Å²) in [6, 6.07) is 18.3. The molecule has 0 saturated carbocycles. The van der Waals surface area contributed by atoms with Gasteiger partial charge in [-0.15, -0.1) is 12.4 Å². The van der Waals surface area contributed by atoms with Crippen LogP contribution in [0, 0.1) is 6.92 Å². The number of anilines is 1. The first-order chi connectivity index (χ1) is 14.6. The number of hydrogen-bond acceptors (Lipinski definition) is 6. The number of aromatic nitrogens is 3. The Bertz CT molecular complexity index is 1170. The summed E-state index contributed by atoms with van der Waals surface area (Å²) in [6.07, 6.45) is 1.74. The molecule has 0 spiro atoms. The van der Waals surface area contributed by atoms with Crippen LogP contribution in [0.2, 0.25) is 0 Å². The predicted octanol–water partition coefficient (Wildman–Crippen LogP) is 5.41. The molecule has 0 aliphatic carbocycles. The van der Waals surface area contributed by atoms with Crippen LogP contribution >= 0.6 is 12.4 Å². The van der Waals surface area contributed by atoms with E-state index >= 15 is 0 Å². The van der Waals surface area contributed by atoms with E-state index < -0.39 is 0 Å². The molecular formula is C24H25ClN4O2. The Morgan fingerprint density at radius 1 is 0.968 bits per heavy atom. The highest BCUT2D eigenvalue weighted by Gasteiger charge is 2.15. The van der Waals surface area contributed by atoms with E-state index in [4.69, 9.17) is 9.26 Å². The summed E-state index contributed by atoms with van der Waals surface area (Å²) in [5.41, 5.74) is 6.34. The summed E-state index contributed by atoms with van der Waals surface area (Å²) in [5.74, 6) is 1.84. The number of benzene rings is 2. The highest BCUT2D eigenvalue weighted by atomic mass is 35.5. The maximum Gasteiger partial charge on any atom is 0.258 e. The van der Waals surface area contributed by atoms with Crippen molar-refractivity contribution >= 4 is 18.2 Å². The van der Waals surface area contributed by atoms with Gasteiger partial charge in [-0.2, -0.15) is 4.98 Å². The van der Waals surface area contributed by atoms with Crippen LogP contribution < -0.4 is 4.90 Å². The van der Waals surface area contributed by atoms with Crippen molar-refractivity contribution in [2.45, 2.75) is 13.5 Å². The molecule has 160 valence electrons. The van der Waals surface area contributed by atoms with Crippen molar-refractivity contribution in [1.29, 1.82) is 0 Å². The Morgan fingerprint density at radius 3 is 2.52 bits per heavy atom. The normalized spacial score (nSPS) is 10.6. The summed E-state index contributed by atoms with van der Waals surface area (Å²) < 4.78 is 11.0. The molecule has 0 aliphatic heterocycles. The molecule has 2 aromatic heterocycles. The van der Waals surface area contributed by atoms with Crippen molar-refractivity contribution in [3.05, 3.63) is 71.9 Å². The van der Waals surface area contributed by atoms with E-state index in [1.165, 1.54) is 11.1 Å². The molecule has 0 saturated heterocycles. The van der Waals surface area contributed by atoms with Crippen molar-refractivity contribution in [3.63, 3.8) is 0 Å². The molecule has 0 atom stereocenters. The largest absolute Gasteiger partial charge is 0.380 e. The molecule has 0 radical (unpaired) electrons. The number of pyridine rings is 1. The van der Waals surface area contributed by atoms with Crippen molar-refractivity contribution in [2.24, 2.45) is 0 Å². The zero-order chi connectivity index (χ0) is 21.1. The number of halogens is 1. The maximum atomic E-state index is 5.57. The predicted molar refractivity (Wildman–Crippen MR) is 125 cm³/mol. The van der Waals surface area contributed by atoms with Gasteiger partial charge in [0.1, 0.15) is 5.82 Å². The van der Waals surface area contributed by atoms with Gasteiger partial charge in [0.2, 0.25) is 5.82 Å². The van der Waals surface area contributed by atoms with Crippen LogP contribution in [0.15, 0.2) is 65.3 Å². The Morgan fingerprint density at radius 2 is 1.77 bits per heavy atom. The van der Waals surface area contributed by atoms with E-state index in [-0.39, 0.29) is 12.4 Å². The van der Waals surface area contributed by atoms with Gasteiger partial charge >= 0.3 is 0 Å². The SMILES string of the molecule is COCc1cc(-c2nc(-c3ccnc(N(C)C)c3)no2)ccc1-c1ccccc1C.Cl. The number of rotatable bonds is 6. The number of methoxy groups -OCH3 is 1. The molecular weight excluding hydrogens is 412 g/mol. The molecule has 0 aliphatic rings. The minimum Gasteiger partial charge on any atom is -0.380 e. The van der Waals surface area contributed by atoms with Crippen molar-refractivity contribution in [1.82, 2.24) is 15.1 Å². The van der Waals surface area contributed by atoms with E-state index in [2.05, 4.69) is 46.3 Å². The second kappa shape index (κ2) is 9.73. The summed E-state index contributed by atoms with van der Waals surface area (Å²) in [5, 5.41) is 4.17. The van der Waals surface area contributed by atoms with Crippen LogP contribution in [0.5, 0.6) is 0 Å². The van der Waals surface area contributed by atoms with Gasteiger partial charge in [-0.3, -0.25) is 0 Å². The summed E-state index contributed by atoms with van der Waals surface area (Å²) in [6.45, 7) is 2.61. The summed E-state index contributed by atoms with van der Waals surface area (Å²) in [7, 11) is 5.59. The fourth-order valence-electron chi connectivity index (χ4n) is 3.40. The van der Waals surface area contributed by atoms with Crippen molar-refractivity contribution in [3.8, 4) is 34.0 Å². The van der Waals surface area contributed by atoms with E-state index in [0.29, 0.717) is 18.3 Å². The van der Waals surface area contributed by atoms with Gasteiger partial charge in [0.05, 0.1) is 6.61 Å². The van der Waals surface area contributed by atoms with E-state index in [9.17, 15) is 0 Å². The van der Waals surface area contributed by atoms with Gasteiger partial charge in [-0.05, 0) is 53.4 Å². The fourth-order valence-corrected chi connectivity index (χ4v) is 3.40. The Balaban J connectivity index is 0.00000272. The van der Waals surface area contributed by atoms with Gasteiger partial charge in [-0.25, -0.2) is 4.98 Å². The van der Waals surface area contributed by atoms with Crippen molar-refractivity contribution in [2.75, 3.05) is 26.1 Å². The van der Waals surface area contributed by atoms with Gasteiger partial charge in [0.15, 0.2) is 0 Å². The second-order valence-electron chi connectivity index (χ2n) is 7.34. The molecule has 0 amide bonds. The Kier molecular flexibility index (Phi) is 7.05. The first-order valence-corrected chi connectivity index (χ1v) is 9.72. The summed E-state index contributed by atoms with van der Waals surface area (Å²) in [4.78, 5) is 10.9. The average molecular weight is 437 g/mol. The molecule has 7 heteroatoms. The van der Waals surface area contributed by atoms with Crippen LogP contribution in [-0.2, 0) is 11.3 Å². The van der Waals surface area contributed by atoms with Crippen LogP contribution in [-0.4, -0.2) is 36.3 Å². The van der Waals surface area contributed by atoms with Gasteiger partial charge in [0, 0.05) is 38.5 Å². The molecule has 6 nitrogen and oxygen atoms in total. The quantitative estimate of drug-likeness (QED) is 0.402. The summed E-state index contributed by atoms with van der Waals surface area (Å²) >= 11 is 0. The lowest BCUT2D eigenvalue weighted by Gasteiger charge is -2.12. The lowest BCUT2D eigenvalue weighted by molar-refractivity contribution is 0.185. The van der Waals surface area contributed by atoms with E-state index in [1.807, 2.05) is 49.3 Å². The van der Waals surface area contributed by atoms with E-state index in [1.54, 1.807) is 13.3 Å². The molecule has 2 aromatic carbocycles. The zero-order valence-electron chi connectivity index (χ0n) is 18.0. The lowest BCUT2D eigenvalue weighted by Crippen LogP contribution is -2.10. The highest BCUT2D eigenvalue weighted by molar-refractivity contribution is 5.85. The number of hydrogen-bond donors (Lipinski definition) is 0. The van der Waals surface area contributed by atoms with Crippen LogP contribution in [0.3, 0.4) is 0 Å². The number of ether oxygens (including phenoxy) is 1. The van der Waals surface area contributed by atoms with Crippen LogP contribution in [0.25, 0.3) is 34.0 Å². The van der Waals surface area contributed by atoms with Crippen molar-refractivity contribution < 1.29 is 9.26 Å². The Hall–Kier alpha value is -3.22. The molecule has 0 bridgehead atoms. The number of aryl methyl sites for hydroxylation is 1. The van der Waals surface area contributed by atoms with Gasteiger partial charge in [0.25, 0.3) is 5.89 Å². The zero-order valence-corrected chi connectivity index (χ0v) is 18.8. The highest BCUT2D eigenvalue weighted by Crippen LogP contribution is 2.31. The standard InChI is InChI=1S/C24H24N4O2.ClH/c1-16-7-5-6-8-20(16)21-10-9-18(13-19(21)15-29-4)24-26-23(27-30-24)17-11-12-25-22(14-17)28(2)3;/h5-14H,15H2,1-4H3;1H. The molecule has 0 fully saturated rings. The first-order valence-electron chi connectivity index (χ1n) is 9.72. The lowest BCUT2D eigenvalue weighted by atomic mass is 9.94. The van der Waals surface area contributed by atoms with Crippen LogP contribution in [0.1, 0.15) is 11.1 Å². The van der Waals surface area contributed by atoms with Crippen LogP contribution in [0.4, 0.5) is 5.82 Å². The van der Waals surface area contributed by atoms with Gasteiger partial charge in [-0.1, -0.05) is 35.5 Å². The molecule has 0 unspecified atom stereocenters. The third kappa shape index (κ3) is 4.76. The maximum absolute atomic E-state index is 5.57. The second-order valence-corrected chi connectivity index (χ2v) is 7.34. The third-order valence-corrected chi connectivity index (χ3v) is 4.98. The molecule has 2 heterocycles. The average Bonchev–Trinajstić information content (AvgIpc) is 3.25. The first kappa shape index (κ1) is 22.5.